The molecule has 3 heterocycles. The van der Waals surface area contributed by atoms with E-state index in [1.54, 1.807) is 0 Å². The van der Waals surface area contributed by atoms with Gasteiger partial charge >= 0.3 is 0 Å². The molecule has 9 aromatic rings. The zero-order chi connectivity index (χ0) is 27.6. The molecule has 0 spiro atoms. The maximum Gasteiger partial charge on any atom is 0.160 e. The van der Waals surface area contributed by atoms with Crippen LogP contribution in [-0.4, -0.2) is 9.97 Å². The molecule has 0 aliphatic rings. The van der Waals surface area contributed by atoms with Gasteiger partial charge in [-0.25, -0.2) is 9.97 Å². The lowest BCUT2D eigenvalue weighted by Gasteiger charge is -2.12. The van der Waals surface area contributed by atoms with Gasteiger partial charge in [-0.1, -0.05) is 103 Å². The summed E-state index contributed by atoms with van der Waals surface area (Å²) in [5.74, 6) is 0.687. The van der Waals surface area contributed by atoms with Crippen LogP contribution in [0.4, 0.5) is 0 Å². The van der Waals surface area contributed by atoms with Crippen molar-refractivity contribution in [3.63, 3.8) is 0 Å². The molecule has 0 amide bonds. The minimum atomic E-state index is 0.687. The van der Waals surface area contributed by atoms with Crippen LogP contribution in [0.1, 0.15) is 0 Å². The van der Waals surface area contributed by atoms with Crippen LogP contribution in [0.3, 0.4) is 0 Å². The zero-order valence-corrected chi connectivity index (χ0v) is 22.4. The van der Waals surface area contributed by atoms with Gasteiger partial charge in [0.05, 0.1) is 11.4 Å². The van der Waals surface area contributed by atoms with Crippen molar-refractivity contribution in [2.75, 3.05) is 0 Å². The molecule has 0 atom stereocenters. The molecule has 0 unspecified atom stereocenters. The second-order valence-corrected chi connectivity index (χ2v) is 10.5. The highest BCUT2D eigenvalue weighted by molar-refractivity contribution is 6.31. The molecule has 3 aromatic heterocycles. The molecule has 9 rings (SSSR count). The highest BCUT2D eigenvalue weighted by Crippen LogP contribution is 2.44. The van der Waals surface area contributed by atoms with Crippen LogP contribution in [0.25, 0.3) is 88.6 Å². The summed E-state index contributed by atoms with van der Waals surface area (Å²) in [6.07, 6.45) is 0. The van der Waals surface area contributed by atoms with E-state index in [1.807, 2.05) is 60.7 Å². The molecule has 0 saturated heterocycles. The Bertz CT molecular complexity index is 2400. The number of furan rings is 2. The fraction of sp³-hybridized carbons (Fsp3) is 0. The lowest BCUT2D eigenvalue weighted by atomic mass is 9.95. The van der Waals surface area contributed by atoms with E-state index in [2.05, 4.69) is 72.8 Å². The average Bonchev–Trinajstić information content (AvgIpc) is 3.63. The molecule has 0 bridgehead atoms. The molecule has 0 radical (unpaired) electrons. The molecule has 0 aliphatic carbocycles. The Morgan fingerprint density at radius 1 is 0.381 bits per heavy atom. The maximum atomic E-state index is 6.59. The fourth-order valence-electron chi connectivity index (χ4n) is 6.21. The number of hydrogen-bond donors (Lipinski definition) is 0. The van der Waals surface area contributed by atoms with Gasteiger partial charge in [0, 0.05) is 38.2 Å². The van der Waals surface area contributed by atoms with E-state index in [4.69, 9.17) is 18.8 Å². The Labute approximate surface area is 240 Å². The minimum Gasteiger partial charge on any atom is -0.456 e. The summed E-state index contributed by atoms with van der Waals surface area (Å²) in [5.41, 5.74) is 8.12. The van der Waals surface area contributed by atoms with Gasteiger partial charge in [-0.3, -0.25) is 0 Å². The van der Waals surface area contributed by atoms with E-state index in [9.17, 15) is 0 Å². The molecule has 4 nitrogen and oxygen atoms in total. The number of hydrogen-bond acceptors (Lipinski definition) is 4. The van der Waals surface area contributed by atoms with Crippen molar-refractivity contribution in [3.05, 3.63) is 133 Å². The van der Waals surface area contributed by atoms with Gasteiger partial charge in [0.25, 0.3) is 0 Å². The number of fused-ring (bicyclic) bond motifs is 9. The van der Waals surface area contributed by atoms with E-state index >= 15 is 0 Å². The minimum absolute atomic E-state index is 0.687. The first-order valence-electron chi connectivity index (χ1n) is 14.0. The molecule has 42 heavy (non-hydrogen) atoms. The summed E-state index contributed by atoms with van der Waals surface area (Å²) in [4.78, 5) is 10.1. The number of para-hydroxylation sites is 1. The maximum absolute atomic E-state index is 6.59. The Hall–Kier alpha value is -5.74. The topological polar surface area (TPSA) is 52.1 Å². The van der Waals surface area contributed by atoms with Gasteiger partial charge in [-0.05, 0) is 41.1 Å². The summed E-state index contributed by atoms with van der Waals surface area (Å²) in [5, 5.41) is 6.55. The third-order valence-corrected chi connectivity index (χ3v) is 8.09. The first-order chi connectivity index (χ1) is 20.8. The molecular formula is C38H22N2O2. The number of rotatable bonds is 3. The molecule has 0 fully saturated rings. The van der Waals surface area contributed by atoms with Crippen LogP contribution >= 0.6 is 0 Å². The number of benzene rings is 6. The van der Waals surface area contributed by atoms with Gasteiger partial charge in [0.1, 0.15) is 22.3 Å². The summed E-state index contributed by atoms with van der Waals surface area (Å²) >= 11 is 0. The molecule has 0 aliphatic heterocycles. The van der Waals surface area contributed by atoms with Crippen LogP contribution in [-0.2, 0) is 0 Å². The second-order valence-electron chi connectivity index (χ2n) is 10.5. The Morgan fingerprint density at radius 2 is 0.952 bits per heavy atom. The van der Waals surface area contributed by atoms with Crippen LogP contribution in [0.2, 0.25) is 0 Å². The van der Waals surface area contributed by atoms with Gasteiger partial charge in [-0.15, -0.1) is 0 Å². The quantitative estimate of drug-likeness (QED) is 0.224. The second kappa shape index (κ2) is 8.88. The predicted octanol–water partition coefficient (Wildman–Crippen LogP) is 10.4. The van der Waals surface area contributed by atoms with Crippen LogP contribution < -0.4 is 0 Å². The van der Waals surface area contributed by atoms with Crippen molar-refractivity contribution in [1.29, 1.82) is 0 Å². The number of aromatic nitrogens is 2. The van der Waals surface area contributed by atoms with E-state index in [1.165, 1.54) is 0 Å². The molecule has 0 N–H and O–H groups in total. The zero-order valence-electron chi connectivity index (χ0n) is 22.4. The summed E-state index contributed by atoms with van der Waals surface area (Å²) in [6.45, 7) is 0. The smallest absolute Gasteiger partial charge is 0.160 e. The highest BCUT2D eigenvalue weighted by Gasteiger charge is 2.21. The normalized spacial score (nSPS) is 11.8. The van der Waals surface area contributed by atoms with Crippen LogP contribution in [0.5, 0.6) is 0 Å². The predicted molar refractivity (Wildman–Crippen MR) is 170 cm³/mol. The van der Waals surface area contributed by atoms with Crippen molar-refractivity contribution in [2.45, 2.75) is 0 Å². The molecule has 196 valence electrons. The largest absolute Gasteiger partial charge is 0.456 e. The van der Waals surface area contributed by atoms with Crippen molar-refractivity contribution in [2.24, 2.45) is 0 Å². The van der Waals surface area contributed by atoms with Gasteiger partial charge in [0.2, 0.25) is 0 Å². The van der Waals surface area contributed by atoms with Crippen molar-refractivity contribution in [1.82, 2.24) is 9.97 Å². The Balaban J connectivity index is 1.38. The third-order valence-electron chi connectivity index (χ3n) is 8.09. The lowest BCUT2D eigenvalue weighted by molar-refractivity contribution is 0.663. The van der Waals surface area contributed by atoms with Crippen LogP contribution in [0, 0.1) is 0 Å². The highest BCUT2D eigenvalue weighted by atomic mass is 16.3. The van der Waals surface area contributed by atoms with E-state index in [-0.39, 0.29) is 0 Å². The van der Waals surface area contributed by atoms with E-state index in [0.717, 1.165) is 82.7 Å². The first kappa shape index (κ1) is 23.0. The van der Waals surface area contributed by atoms with Crippen molar-refractivity contribution < 1.29 is 8.83 Å². The average molecular weight is 539 g/mol. The lowest BCUT2D eigenvalue weighted by Crippen LogP contribution is -1.96. The standard InChI is InChI=1S/C38H22N2O2/c1-3-11-23(12-4-1)29-22-30(40-38(39-29)24-13-5-2-6-14-24)28-21-34-35(26-16-8-7-15-25(26)28)37-33(42-34)20-19-32-36(37)27-17-9-10-18-31(27)41-32/h1-22H. The Morgan fingerprint density at radius 3 is 1.74 bits per heavy atom. The third kappa shape index (κ3) is 3.42. The van der Waals surface area contributed by atoms with E-state index in [0.29, 0.717) is 5.82 Å². The SMILES string of the molecule is c1ccc(-c2cc(-c3cc4oc5ccc6oc7ccccc7c6c5c4c4ccccc34)nc(-c3ccccc3)n2)cc1. The summed E-state index contributed by atoms with van der Waals surface area (Å²) in [6, 6.07) is 45.4. The molecular weight excluding hydrogens is 516 g/mol. The monoisotopic (exact) mass is 538 g/mol. The fourth-order valence-corrected chi connectivity index (χ4v) is 6.21. The molecule has 0 saturated carbocycles. The van der Waals surface area contributed by atoms with E-state index < -0.39 is 0 Å². The first-order valence-corrected chi connectivity index (χ1v) is 14.0. The van der Waals surface area contributed by atoms with Crippen molar-refractivity contribution >= 4 is 54.6 Å². The number of nitrogens with zero attached hydrogens (tertiary/aromatic N) is 2. The van der Waals surface area contributed by atoms with Gasteiger partial charge < -0.3 is 8.83 Å². The molecule has 6 aromatic carbocycles. The Kier molecular flexibility index (Phi) is 4.87. The molecule has 4 heteroatoms. The van der Waals surface area contributed by atoms with Gasteiger partial charge in [0.15, 0.2) is 5.82 Å². The summed E-state index contributed by atoms with van der Waals surface area (Å²) in [7, 11) is 0. The summed E-state index contributed by atoms with van der Waals surface area (Å²) < 4.78 is 12.8. The van der Waals surface area contributed by atoms with Crippen LogP contribution in [0.15, 0.2) is 142 Å². The van der Waals surface area contributed by atoms with Crippen molar-refractivity contribution in [3.8, 4) is 33.9 Å². The van der Waals surface area contributed by atoms with Gasteiger partial charge in [-0.2, -0.15) is 0 Å².